The molecule has 3 aromatic heterocycles. The van der Waals surface area contributed by atoms with Crippen LogP contribution in [0.1, 0.15) is 28.9 Å². The molecule has 0 radical (unpaired) electrons. The number of rotatable bonds is 3. The number of hydrogen-bond donors (Lipinski definition) is 2. The summed E-state index contributed by atoms with van der Waals surface area (Å²) in [5.41, 5.74) is 3.15. The lowest BCUT2D eigenvalue weighted by molar-refractivity contribution is -0.141. The van der Waals surface area contributed by atoms with E-state index in [1.54, 1.807) is 0 Å². The van der Waals surface area contributed by atoms with Crippen LogP contribution >= 0.6 is 0 Å². The van der Waals surface area contributed by atoms with Crippen LogP contribution in [-0.2, 0) is 12.7 Å². The zero-order valence-electron chi connectivity index (χ0n) is 13.2. The lowest BCUT2D eigenvalue weighted by Crippen LogP contribution is -2.18. The van der Waals surface area contributed by atoms with Crippen molar-refractivity contribution in [3.8, 4) is 0 Å². The third-order valence-electron chi connectivity index (χ3n) is 3.81. The topological polar surface area (TPSA) is 89.6 Å². The van der Waals surface area contributed by atoms with Gasteiger partial charge in [0.05, 0.1) is 12.1 Å². The van der Waals surface area contributed by atoms with Gasteiger partial charge in [0.1, 0.15) is 17.0 Å². The van der Waals surface area contributed by atoms with Crippen LogP contribution in [0.5, 0.6) is 0 Å². The second-order valence-corrected chi connectivity index (χ2v) is 5.63. The largest absolute Gasteiger partial charge is 0.433 e. The second kappa shape index (κ2) is 6.07. The van der Waals surface area contributed by atoms with Gasteiger partial charge in [-0.2, -0.15) is 13.2 Å². The summed E-state index contributed by atoms with van der Waals surface area (Å²) in [4.78, 5) is 21.6. The van der Waals surface area contributed by atoms with Crippen molar-refractivity contribution in [2.75, 3.05) is 5.73 Å². The summed E-state index contributed by atoms with van der Waals surface area (Å²) in [6.45, 7) is 1.13. The number of aromatic nitrogens is 4. The van der Waals surface area contributed by atoms with Crippen LogP contribution in [-0.4, -0.2) is 19.5 Å². The molecule has 0 atom stereocenters. The molecule has 3 heterocycles. The Bertz CT molecular complexity index is 1040. The van der Waals surface area contributed by atoms with Gasteiger partial charge < -0.3 is 10.7 Å². The molecule has 138 valence electrons. The number of imidazole rings is 1. The van der Waals surface area contributed by atoms with Gasteiger partial charge in [0, 0.05) is 17.5 Å². The molecule has 3 aromatic rings. The van der Waals surface area contributed by atoms with E-state index in [2.05, 4.69) is 15.0 Å². The number of aromatic amines is 1. The van der Waals surface area contributed by atoms with Crippen LogP contribution in [0.15, 0.2) is 23.1 Å². The van der Waals surface area contributed by atoms with Gasteiger partial charge in [-0.15, -0.1) is 0 Å². The number of fused-ring (bicyclic) bond motifs is 1. The molecule has 3 rings (SSSR count). The highest BCUT2D eigenvalue weighted by molar-refractivity contribution is 5.85. The van der Waals surface area contributed by atoms with Crippen molar-refractivity contribution < 1.29 is 22.0 Å². The van der Waals surface area contributed by atoms with Crippen LogP contribution in [0.4, 0.5) is 27.8 Å². The van der Waals surface area contributed by atoms with Crippen LogP contribution < -0.4 is 11.4 Å². The van der Waals surface area contributed by atoms with Crippen molar-refractivity contribution in [2.45, 2.75) is 26.1 Å². The van der Waals surface area contributed by atoms with Gasteiger partial charge in [0.25, 0.3) is 6.43 Å². The molecule has 0 saturated heterocycles. The van der Waals surface area contributed by atoms with Gasteiger partial charge in [-0.1, -0.05) is 0 Å². The van der Waals surface area contributed by atoms with Gasteiger partial charge in [-0.25, -0.2) is 18.6 Å². The van der Waals surface area contributed by atoms with E-state index in [0.717, 1.165) is 16.8 Å². The molecule has 6 nitrogen and oxygen atoms in total. The molecular weight excluding hydrogens is 361 g/mol. The van der Waals surface area contributed by atoms with E-state index in [1.165, 1.54) is 6.92 Å². The number of nitrogens with two attached hydrogens (primary N) is 1. The molecule has 0 unspecified atom stereocenters. The highest BCUT2D eigenvalue weighted by atomic mass is 19.4. The Morgan fingerprint density at radius 1 is 1.31 bits per heavy atom. The van der Waals surface area contributed by atoms with Crippen molar-refractivity contribution in [3.63, 3.8) is 0 Å². The van der Waals surface area contributed by atoms with E-state index >= 15 is 0 Å². The van der Waals surface area contributed by atoms with Crippen LogP contribution in [0.2, 0.25) is 0 Å². The molecule has 11 heteroatoms. The van der Waals surface area contributed by atoms with Crippen LogP contribution in [0, 0.1) is 6.92 Å². The number of pyridine rings is 2. The molecule has 0 fully saturated rings. The van der Waals surface area contributed by atoms with Crippen molar-refractivity contribution in [3.05, 3.63) is 51.3 Å². The molecule has 0 aromatic carbocycles. The third-order valence-corrected chi connectivity index (χ3v) is 3.81. The number of nitrogens with zero attached hydrogens (tertiary/aromatic N) is 3. The van der Waals surface area contributed by atoms with Crippen LogP contribution in [0.3, 0.4) is 0 Å². The van der Waals surface area contributed by atoms with Crippen molar-refractivity contribution in [1.82, 2.24) is 19.5 Å². The lowest BCUT2D eigenvalue weighted by atomic mass is 10.1. The fourth-order valence-corrected chi connectivity index (χ4v) is 2.59. The first kappa shape index (κ1) is 17.8. The Balaban J connectivity index is 2.19. The van der Waals surface area contributed by atoms with Crippen molar-refractivity contribution in [2.24, 2.45) is 0 Å². The Kier molecular flexibility index (Phi) is 4.17. The number of hydrogen-bond acceptors (Lipinski definition) is 4. The monoisotopic (exact) mass is 373 g/mol. The minimum atomic E-state index is -4.78. The van der Waals surface area contributed by atoms with Gasteiger partial charge in [0.2, 0.25) is 0 Å². The average molecular weight is 373 g/mol. The van der Waals surface area contributed by atoms with Gasteiger partial charge in [-0.05, 0) is 24.6 Å². The predicted octanol–water partition coefficient (Wildman–Crippen LogP) is 3.01. The molecule has 0 amide bonds. The number of halogens is 5. The summed E-state index contributed by atoms with van der Waals surface area (Å²) in [5, 5.41) is 0. The third kappa shape index (κ3) is 3.11. The lowest BCUT2D eigenvalue weighted by Gasteiger charge is -2.11. The van der Waals surface area contributed by atoms with Gasteiger partial charge >= 0.3 is 11.9 Å². The second-order valence-electron chi connectivity index (χ2n) is 5.63. The van der Waals surface area contributed by atoms with Gasteiger partial charge in [0.15, 0.2) is 0 Å². The molecule has 0 saturated carbocycles. The molecule has 26 heavy (non-hydrogen) atoms. The summed E-state index contributed by atoms with van der Waals surface area (Å²) in [5.74, 6) is -0.512. The summed E-state index contributed by atoms with van der Waals surface area (Å²) >= 11 is 0. The maximum absolute atomic E-state index is 13.2. The van der Waals surface area contributed by atoms with E-state index in [0.29, 0.717) is 11.8 Å². The number of H-pyrrole nitrogens is 1. The van der Waals surface area contributed by atoms with Crippen LogP contribution in [0.25, 0.3) is 11.0 Å². The number of nitrogen functional groups attached to an aromatic ring is 1. The Morgan fingerprint density at radius 3 is 2.62 bits per heavy atom. The fourth-order valence-electron chi connectivity index (χ4n) is 2.59. The number of anilines is 1. The maximum atomic E-state index is 13.2. The Hall–Kier alpha value is -2.98. The molecule has 0 aliphatic heterocycles. The summed E-state index contributed by atoms with van der Waals surface area (Å²) in [6.07, 6.45) is -6.44. The SMILES string of the molecule is Cc1cc(C(F)F)c(Cn2c(=O)[nH]c3c(N)nc(C(F)(F)F)cc32)cn1. The summed E-state index contributed by atoms with van der Waals surface area (Å²) < 4.78 is 66.2. The zero-order chi connectivity index (χ0) is 19.2. The van der Waals surface area contributed by atoms with Crippen molar-refractivity contribution in [1.29, 1.82) is 0 Å². The van der Waals surface area contributed by atoms with Crippen molar-refractivity contribution >= 4 is 16.9 Å². The normalized spacial score (nSPS) is 12.3. The highest BCUT2D eigenvalue weighted by Crippen LogP contribution is 2.31. The minimum Gasteiger partial charge on any atom is -0.382 e. The van der Waals surface area contributed by atoms with E-state index in [1.807, 2.05) is 0 Å². The summed E-state index contributed by atoms with van der Waals surface area (Å²) in [6, 6.07) is 1.81. The van der Waals surface area contributed by atoms with Gasteiger partial charge in [-0.3, -0.25) is 9.55 Å². The maximum Gasteiger partial charge on any atom is 0.433 e. The first-order chi connectivity index (χ1) is 12.1. The van der Waals surface area contributed by atoms with E-state index in [4.69, 9.17) is 5.73 Å². The Morgan fingerprint density at radius 2 is 2.00 bits per heavy atom. The molecule has 0 bridgehead atoms. The first-order valence-electron chi connectivity index (χ1n) is 7.27. The quantitative estimate of drug-likeness (QED) is 0.691. The Labute approximate surface area is 142 Å². The smallest absolute Gasteiger partial charge is 0.382 e. The first-order valence-corrected chi connectivity index (χ1v) is 7.27. The number of alkyl halides is 5. The van der Waals surface area contributed by atoms with E-state index in [-0.39, 0.29) is 22.2 Å². The molecule has 0 aliphatic rings. The molecule has 0 aliphatic carbocycles. The number of aryl methyl sites for hydroxylation is 1. The highest BCUT2D eigenvalue weighted by Gasteiger charge is 2.34. The van der Waals surface area contributed by atoms with E-state index < -0.39 is 36.3 Å². The predicted molar refractivity (Wildman–Crippen MR) is 82.8 cm³/mol. The number of nitrogens with one attached hydrogen (secondary N) is 1. The standard InChI is InChI=1S/C15H12F5N5O/c1-6-2-8(12(16)17)7(4-22-6)5-25-9-3-10(15(18,19)20)23-13(21)11(9)24-14(25)26/h2-4,12H,5H2,1H3,(H2,21,23)(H,24,26). The molecular formula is C15H12F5N5O. The average Bonchev–Trinajstić information content (AvgIpc) is 2.85. The minimum absolute atomic E-state index is 0.0116. The molecule has 3 N–H and O–H groups in total. The zero-order valence-corrected chi connectivity index (χ0v) is 13.2. The fraction of sp³-hybridized carbons (Fsp3) is 0.267. The van der Waals surface area contributed by atoms with E-state index in [9.17, 15) is 26.7 Å². The summed E-state index contributed by atoms with van der Waals surface area (Å²) in [7, 11) is 0. The molecule has 0 spiro atoms.